The highest BCUT2D eigenvalue weighted by Gasteiger charge is 2.25. The van der Waals surface area contributed by atoms with Gasteiger partial charge in [-0.05, 0) is 55.3 Å². The van der Waals surface area contributed by atoms with E-state index in [1.807, 2.05) is 6.07 Å². The second-order valence-electron chi connectivity index (χ2n) is 8.16. The molecule has 1 heterocycles. The maximum absolute atomic E-state index is 12.9. The summed E-state index contributed by atoms with van der Waals surface area (Å²) in [6.07, 6.45) is 2.77. The molecule has 9 heteroatoms. The number of ketones is 1. The van der Waals surface area contributed by atoms with Gasteiger partial charge in [0.15, 0.2) is 12.4 Å². The Morgan fingerprint density at radius 3 is 2.29 bits per heavy atom. The Morgan fingerprint density at radius 1 is 0.914 bits per heavy atom. The van der Waals surface area contributed by atoms with Gasteiger partial charge in [-0.2, -0.15) is 4.31 Å². The zero-order valence-corrected chi connectivity index (χ0v) is 20.5. The van der Waals surface area contributed by atoms with Gasteiger partial charge in [0.05, 0.1) is 10.6 Å². The Hall–Kier alpha value is -3.20. The molecule has 35 heavy (non-hydrogen) atoms. The molecule has 4 rings (SSSR count). The quantitative estimate of drug-likeness (QED) is 0.439. The van der Waals surface area contributed by atoms with Gasteiger partial charge < -0.3 is 10.1 Å². The zero-order valence-electron chi connectivity index (χ0n) is 18.9. The number of nitrogens with zero attached hydrogens (tertiary/aromatic N) is 1. The molecule has 3 aromatic carbocycles. The Bertz CT molecular complexity index is 1310. The van der Waals surface area contributed by atoms with Crippen LogP contribution in [0.25, 0.3) is 0 Å². The van der Waals surface area contributed by atoms with E-state index in [-0.39, 0.29) is 22.8 Å². The first-order valence-corrected chi connectivity index (χ1v) is 13.1. The first kappa shape index (κ1) is 24.9. The normalized spacial score (nSPS) is 14.3. The molecular weight excluding hydrogens is 488 g/mol. The molecule has 1 aliphatic rings. The van der Waals surface area contributed by atoms with Crippen molar-refractivity contribution in [2.45, 2.75) is 24.2 Å². The Balaban J connectivity index is 1.40. The van der Waals surface area contributed by atoms with Crippen LogP contribution in [0, 0.1) is 0 Å². The third kappa shape index (κ3) is 6.08. The molecule has 1 aliphatic heterocycles. The lowest BCUT2D eigenvalue weighted by atomic mass is 10.0. The summed E-state index contributed by atoms with van der Waals surface area (Å²) in [6.45, 7) is 0.736. The first-order valence-electron chi connectivity index (χ1n) is 11.3. The second kappa shape index (κ2) is 11.0. The van der Waals surface area contributed by atoms with Crippen molar-refractivity contribution in [3.8, 4) is 5.75 Å². The van der Waals surface area contributed by atoms with Crippen LogP contribution in [-0.2, 0) is 14.8 Å². The lowest BCUT2D eigenvalue weighted by Gasteiger charge is -2.25. The van der Waals surface area contributed by atoms with Gasteiger partial charge in [0.2, 0.25) is 10.0 Å². The monoisotopic (exact) mass is 512 g/mol. The number of carbonyl (C=O) groups is 2. The molecule has 182 valence electrons. The van der Waals surface area contributed by atoms with E-state index in [0.29, 0.717) is 35.1 Å². The maximum atomic E-state index is 12.9. The molecule has 0 unspecified atom stereocenters. The molecule has 0 aliphatic carbocycles. The number of carbonyl (C=O) groups excluding carboxylic acids is 2. The van der Waals surface area contributed by atoms with E-state index < -0.39 is 15.9 Å². The largest absolute Gasteiger partial charge is 0.484 e. The van der Waals surface area contributed by atoms with Crippen molar-refractivity contribution in [1.29, 1.82) is 0 Å². The topological polar surface area (TPSA) is 92.8 Å². The van der Waals surface area contributed by atoms with Crippen LogP contribution in [0.4, 0.5) is 5.69 Å². The predicted octanol–water partition coefficient (Wildman–Crippen LogP) is 4.76. The summed E-state index contributed by atoms with van der Waals surface area (Å²) in [7, 11) is -3.53. The van der Waals surface area contributed by atoms with Crippen LogP contribution in [-0.4, -0.2) is 44.1 Å². The highest BCUT2D eigenvalue weighted by Crippen LogP contribution is 2.25. The van der Waals surface area contributed by atoms with Crippen molar-refractivity contribution >= 4 is 39.0 Å². The van der Waals surface area contributed by atoms with E-state index in [2.05, 4.69) is 5.32 Å². The van der Waals surface area contributed by atoms with Crippen LogP contribution >= 0.6 is 11.6 Å². The van der Waals surface area contributed by atoms with E-state index in [1.54, 1.807) is 36.4 Å². The number of anilines is 1. The van der Waals surface area contributed by atoms with Crippen LogP contribution < -0.4 is 10.1 Å². The number of nitrogens with one attached hydrogen (secondary N) is 1. The number of rotatable bonds is 8. The van der Waals surface area contributed by atoms with Gasteiger partial charge in [-0.1, -0.05) is 48.4 Å². The average Bonchev–Trinajstić information content (AvgIpc) is 2.89. The molecule has 1 fully saturated rings. The highest BCUT2D eigenvalue weighted by molar-refractivity contribution is 7.89. The smallest absolute Gasteiger partial charge is 0.262 e. The van der Waals surface area contributed by atoms with Crippen molar-refractivity contribution in [1.82, 2.24) is 4.31 Å². The molecule has 0 saturated carbocycles. The Morgan fingerprint density at radius 2 is 1.60 bits per heavy atom. The third-order valence-corrected chi connectivity index (χ3v) is 7.83. The minimum Gasteiger partial charge on any atom is -0.484 e. The number of amides is 1. The molecule has 0 spiro atoms. The summed E-state index contributed by atoms with van der Waals surface area (Å²) < 4.78 is 32.6. The fraction of sp³-hybridized carbons (Fsp3) is 0.231. The second-order valence-corrected chi connectivity index (χ2v) is 10.5. The lowest BCUT2D eigenvalue weighted by molar-refractivity contribution is -0.118. The van der Waals surface area contributed by atoms with E-state index >= 15 is 0 Å². The molecule has 7 nitrogen and oxygen atoms in total. The van der Waals surface area contributed by atoms with Crippen molar-refractivity contribution in [2.75, 3.05) is 25.0 Å². The van der Waals surface area contributed by atoms with Gasteiger partial charge in [-0.3, -0.25) is 9.59 Å². The van der Waals surface area contributed by atoms with Crippen molar-refractivity contribution < 1.29 is 22.7 Å². The molecule has 1 saturated heterocycles. The summed E-state index contributed by atoms with van der Waals surface area (Å²) in [5.41, 5.74) is 1.06. The summed E-state index contributed by atoms with van der Waals surface area (Å²) in [6, 6.07) is 19.4. The van der Waals surface area contributed by atoms with E-state index in [0.717, 1.165) is 19.3 Å². The summed E-state index contributed by atoms with van der Waals surface area (Å²) in [4.78, 5) is 25.6. The fourth-order valence-corrected chi connectivity index (χ4v) is 5.54. The van der Waals surface area contributed by atoms with Crippen LogP contribution in [0.2, 0.25) is 5.02 Å². The van der Waals surface area contributed by atoms with Crippen LogP contribution in [0.5, 0.6) is 5.75 Å². The summed E-state index contributed by atoms with van der Waals surface area (Å²) in [5.74, 6) is -0.385. The molecule has 0 aromatic heterocycles. The van der Waals surface area contributed by atoms with Crippen molar-refractivity contribution in [2.24, 2.45) is 0 Å². The Labute approximate surface area is 209 Å². The van der Waals surface area contributed by atoms with Gasteiger partial charge in [-0.15, -0.1) is 0 Å². The number of sulfonamides is 1. The fourth-order valence-electron chi connectivity index (χ4n) is 3.86. The molecule has 3 aromatic rings. The van der Waals surface area contributed by atoms with Gasteiger partial charge in [-0.25, -0.2) is 8.42 Å². The zero-order chi connectivity index (χ0) is 24.8. The molecule has 0 radical (unpaired) electrons. The van der Waals surface area contributed by atoms with Crippen molar-refractivity contribution in [3.05, 3.63) is 88.9 Å². The average molecular weight is 513 g/mol. The molecule has 0 bridgehead atoms. The van der Waals surface area contributed by atoms with Crippen LogP contribution in [0.15, 0.2) is 77.7 Å². The number of ether oxygens (including phenoxy) is 1. The number of piperidine rings is 1. The van der Waals surface area contributed by atoms with E-state index in [9.17, 15) is 18.0 Å². The van der Waals surface area contributed by atoms with Gasteiger partial charge >= 0.3 is 0 Å². The number of benzene rings is 3. The van der Waals surface area contributed by atoms with Gasteiger partial charge in [0, 0.05) is 29.2 Å². The Kier molecular flexibility index (Phi) is 7.85. The standard InChI is InChI=1S/C26H25ClN2O5S/c27-20-9-14-24(23(17-20)26(31)19-7-3-1-4-8-19)28-25(30)18-34-21-10-12-22(13-11-21)35(32,33)29-15-5-2-6-16-29/h1,3-4,7-14,17H,2,5-6,15-16,18H2,(H,28,30). The third-order valence-electron chi connectivity index (χ3n) is 5.68. The molecule has 0 atom stereocenters. The van der Waals surface area contributed by atoms with Crippen molar-refractivity contribution in [3.63, 3.8) is 0 Å². The molecular formula is C26H25ClN2O5S. The van der Waals surface area contributed by atoms with Crippen LogP contribution in [0.3, 0.4) is 0 Å². The summed E-state index contributed by atoms with van der Waals surface area (Å²) >= 11 is 6.08. The summed E-state index contributed by atoms with van der Waals surface area (Å²) in [5, 5.41) is 3.06. The number of hydrogen-bond acceptors (Lipinski definition) is 5. The number of halogens is 1. The predicted molar refractivity (Wildman–Crippen MR) is 135 cm³/mol. The van der Waals surface area contributed by atoms with Crippen LogP contribution in [0.1, 0.15) is 35.2 Å². The maximum Gasteiger partial charge on any atom is 0.262 e. The highest BCUT2D eigenvalue weighted by atomic mass is 35.5. The first-order chi connectivity index (χ1) is 16.8. The minimum absolute atomic E-state index is 0.196. The molecule has 1 N–H and O–H groups in total. The molecule has 1 amide bonds. The minimum atomic E-state index is -3.53. The van der Waals surface area contributed by atoms with Gasteiger partial charge in [0.1, 0.15) is 5.75 Å². The lowest BCUT2D eigenvalue weighted by Crippen LogP contribution is -2.35. The number of hydrogen-bond donors (Lipinski definition) is 1. The SMILES string of the molecule is O=C(COc1ccc(S(=O)(=O)N2CCCCC2)cc1)Nc1ccc(Cl)cc1C(=O)c1ccccc1. The van der Waals surface area contributed by atoms with E-state index in [1.165, 1.54) is 34.6 Å². The van der Waals surface area contributed by atoms with Gasteiger partial charge in [0.25, 0.3) is 5.91 Å². The van der Waals surface area contributed by atoms with E-state index in [4.69, 9.17) is 16.3 Å².